The van der Waals surface area contributed by atoms with Crippen molar-refractivity contribution in [3.63, 3.8) is 0 Å². The van der Waals surface area contributed by atoms with Crippen LogP contribution in [-0.2, 0) is 25.5 Å². The van der Waals surface area contributed by atoms with Crippen molar-refractivity contribution in [1.82, 2.24) is 15.5 Å². The van der Waals surface area contributed by atoms with Crippen LogP contribution in [-0.4, -0.2) is 73.4 Å². The summed E-state index contributed by atoms with van der Waals surface area (Å²) in [5.74, 6) is -0.739. The molecule has 1 fully saturated rings. The number of hydrogen-bond donors (Lipinski definition) is 2. The third-order valence-corrected chi connectivity index (χ3v) is 6.02. The Morgan fingerprint density at radius 1 is 1.11 bits per heavy atom. The Labute approximate surface area is 222 Å². The van der Waals surface area contributed by atoms with E-state index in [-0.39, 0.29) is 24.0 Å². The van der Waals surface area contributed by atoms with E-state index in [0.717, 1.165) is 6.42 Å². The second kappa shape index (κ2) is 14.9. The minimum Gasteiger partial charge on any atom is -0.491 e. The lowest BCUT2D eigenvalue weighted by Gasteiger charge is -2.36. The van der Waals surface area contributed by atoms with Gasteiger partial charge in [0.2, 0.25) is 5.91 Å². The third-order valence-electron chi connectivity index (χ3n) is 5.68. The van der Waals surface area contributed by atoms with Crippen LogP contribution in [0.5, 0.6) is 5.75 Å². The van der Waals surface area contributed by atoms with Crippen LogP contribution in [0, 0.1) is 0 Å². The number of carbonyl (C=O) groups excluding carboxylic acids is 3. The van der Waals surface area contributed by atoms with Gasteiger partial charge >= 0.3 is 5.97 Å². The number of benzene rings is 2. The SMILES string of the molecule is CCOCCOc1cccc(C(=O)NC(=S)N2CCNC(=O)C2CC(=O)OCCCc2ccccc2)c1. The number of nitrogens with zero attached hydrogens (tertiary/aromatic N) is 1. The van der Waals surface area contributed by atoms with Crippen molar-refractivity contribution in [2.45, 2.75) is 32.2 Å². The Kier molecular flexibility index (Phi) is 11.3. The van der Waals surface area contributed by atoms with Crippen molar-refractivity contribution in [2.24, 2.45) is 0 Å². The normalized spacial score (nSPS) is 15.0. The highest BCUT2D eigenvalue weighted by atomic mass is 32.1. The van der Waals surface area contributed by atoms with Crippen LogP contribution in [0.4, 0.5) is 0 Å². The molecule has 9 nitrogen and oxygen atoms in total. The van der Waals surface area contributed by atoms with Gasteiger partial charge < -0.3 is 24.4 Å². The van der Waals surface area contributed by atoms with Gasteiger partial charge in [-0.05, 0) is 55.7 Å². The Hall–Kier alpha value is -3.50. The van der Waals surface area contributed by atoms with Gasteiger partial charge in [-0.25, -0.2) is 0 Å². The first-order valence-electron chi connectivity index (χ1n) is 12.4. The van der Waals surface area contributed by atoms with E-state index in [1.165, 1.54) is 5.56 Å². The molecule has 2 aromatic carbocycles. The first-order chi connectivity index (χ1) is 18.0. The highest BCUT2D eigenvalue weighted by molar-refractivity contribution is 7.80. The number of carbonyl (C=O) groups is 3. The number of aryl methyl sites for hydroxylation is 1. The lowest BCUT2D eigenvalue weighted by atomic mass is 10.1. The molecule has 0 aromatic heterocycles. The van der Waals surface area contributed by atoms with E-state index in [1.807, 2.05) is 37.3 Å². The number of hydrogen-bond acceptors (Lipinski definition) is 7. The molecule has 0 radical (unpaired) electrons. The molecule has 1 unspecified atom stereocenters. The maximum Gasteiger partial charge on any atom is 0.308 e. The van der Waals surface area contributed by atoms with E-state index in [0.29, 0.717) is 50.6 Å². The molecule has 1 saturated heterocycles. The summed E-state index contributed by atoms with van der Waals surface area (Å²) in [6.45, 7) is 4.28. The van der Waals surface area contributed by atoms with E-state index >= 15 is 0 Å². The molecule has 3 rings (SSSR count). The molecule has 0 spiro atoms. The van der Waals surface area contributed by atoms with Crippen molar-refractivity contribution in [3.05, 3.63) is 65.7 Å². The lowest BCUT2D eigenvalue weighted by Crippen LogP contribution is -2.60. The molecule has 0 aliphatic carbocycles. The standard InChI is InChI=1S/C27H33N3O6S/c1-2-34-16-17-35-22-12-6-11-21(18-22)25(32)29-27(37)30-14-13-28-26(33)23(30)19-24(31)36-15-7-10-20-8-4-3-5-9-20/h3-6,8-9,11-12,18,23H,2,7,10,13-17,19H2,1H3,(H,28,33)(H,29,32,37). The van der Waals surface area contributed by atoms with Gasteiger partial charge in [0.1, 0.15) is 18.4 Å². The highest BCUT2D eigenvalue weighted by Crippen LogP contribution is 2.15. The van der Waals surface area contributed by atoms with Gasteiger partial charge in [-0.15, -0.1) is 0 Å². The molecule has 198 valence electrons. The zero-order chi connectivity index (χ0) is 26.5. The van der Waals surface area contributed by atoms with Crippen molar-refractivity contribution in [1.29, 1.82) is 0 Å². The largest absolute Gasteiger partial charge is 0.491 e. The van der Waals surface area contributed by atoms with Crippen LogP contribution < -0.4 is 15.4 Å². The summed E-state index contributed by atoms with van der Waals surface area (Å²) < 4.78 is 16.2. The van der Waals surface area contributed by atoms with Crippen LogP contribution in [0.3, 0.4) is 0 Å². The van der Waals surface area contributed by atoms with Crippen molar-refractivity contribution in [2.75, 3.05) is 39.5 Å². The minimum atomic E-state index is -0.864. The average Bonchev–Trinajstić information content (AvgIpc) is 2.91. The monoisotopic (exact) mass is 527 g/mol. The predicted octanol–water partition coefficient (Wildman–Crippen LogP) is 2.48. The van der Waals surface area contributed by atoms with E-state index in [2.05, 4.69) is 10.6 Å². The van der Waals surface area contributed by atoms with Gasteiger partial charge in [-0.2, -0.15) is 0 Å². The number of nitrogens with one attached hydrogen (secondary N) is 2. The zero-order valence-electron chi connectivity index (χ0n) is 20.9. The van der Waals surface area contributed by atoms with Crippen molar-refractivity contribution in [3.8, 4) is 5.75 Å². The summed E-state index contributed by atoms with van der Waals surface area (Å²) in [7, 11) is 0. The summed E-state index contributed by atoms with van der Waals surface area (Å²) >= 11 is 5.44. The van der Waals surface area contributed by atoms with Crippen LogP contribution in [0.25, 0.3) is 0 Å². The van der Waals surface area contributed by atoms with Gasteiger partial charge in [0.25, 0.3) is 5.91 Å². The second-order valence-electron chi connectivity index (χ2n) is 8.35. The second-order valence-corrected chi connectivity index (χ2v) is 8.73. The summed E-state index contributed by atoms with van der Waals surface area (Å²) in [5.41, 5.74) is 1.52. The lowest BCUT2D eigenvalue weighted by molar-refractivity contribution is -0.147. The molecule has 37 heavy (non-hydrogen) atoms. The first kappa shape index (κ1) is 28.1. The fourth-order valence-electron chi connectivity index (χ4n) is 3.82. The van der Waals surface area contributed by atoms with E-state index in [4.69, 9.17) is 26.4 Å². The molecule has 0 bridgehead atoms. The van der Waals surface area contributed by atoms with Gasteiger partial charge in [0, 0.05) is 25.3 Å². The fraction of sp³-hybridized carbons (Fsp3) is 0.407. The number of esters is 1. The van der Waals surface area contributed by atoms with Crippen molar-refractivity contribution >= 4 is 35.1 Å². The van der Waals surface area contributed by atoms with Crippen molar-refractivity contribution < 1.29 is 28.6 Å². The Morgan fingerprint density at radius 3 is 2.70 bits per heavy atom. The number of rotatable bonds is 12. The number of amides is 2. The summed E-state index contributed by atoms with van der Waals surface area (Å²) in [4.78, 5) is 39.4. The molecular weight excluding hydrogens is 494 g/mol. The van der Waals surface area contributed by atoms with Gasteiger partial charge in [0.05, 0.1) is 19.6 Å². The van der Waals surface area contributed by atoms with E-state index in [9.17, 15) is 14.4 Å². The summed E-state index contributed by atoms with van der Waals surface area (Å²) in [6.07, 6.45) is 1.30. The Morgan fingerprint density at radius 2 is 1.92 bits per heavy atom. The molecule has 1 aliphatic heterocycles. The maximum absolute atomic E-state index is 12.8. The molecule has 2 aromatic rings. The Balaban J connectivity index is 1.51. The third kappa shape index (κ3) is 9.14. The quantitative estimate of drug-likeness (QED) is 0.246. The van der Waals surface area contributed by atoms with Crippen LogP contribution in [0.2, 0.25) is 0 Å². The maximum atomic E-state index is 12.8. The topological polar surface area (TPSA) is 106 Å². The number of thiocarbonyl (C=S) groups is 1. The number of piperazine rings is 1. The van der Waals surface area contributed by atoms with E-state index in [1.54, 1.807) is 29.2 Å². The van der Waals surface area contributed by atoms with Gasteiger partial charge in [-0.1, -0.05) is 36.4 Å². The molecule has 1 heterocycles. The Bertz CT molecular complexity index is 1070. The molecular formula is C27H33N3O6S. The molecule has 10 heteroatoms. The van der Waals surface area contributed by atoms with Crippen LogP contribution in [0.15, 0.2) is 54.6 Å². The summed E-state index contributed by atoms with van der Waals surface area (Å²) in [6, 6.07) is 15.8. The molecule has 2 N–H and O–H groups in total. The molecule has 1 atom stereocenters. The number of ether oxygens (including phenoxy) is 3. The minimum absolute atomic E-state index is 0.0735. The smallest absolute Gasteiger partial charge is 0.308 e. The van der Waals surface area contributed by atoms with Gasteiger partial charge in [-0.3, -0.25) is 19.7 Å². The fourth-order valence-corrected chi connectivity index (χ4v) is 4.13. The molecule has 2 amide bonds. The van der Waals surface area contributed by atoms with Gasteiger partial charge in [0.15, 0.2) is 5.11 Å². The molecule has 1 aliphatic rings. The highest BCUT2D eigenvalue weighted by Gasteiger charge is 2.34. The predicted molar refractivity (Wildman–Crippen MR) is 142 cm³/mol. The summed E-state index contributed by atoms with van der Waals surface area (Å²) in [5, 5.41) is 5.49. The zero-order valence-corrected chi connectivity index (χ0v) is 21.8. The average molecular weight is 528 g/mol. The molecule has 0 saturated carbocycles. The van der Waals surface area contributed by atoms with E-state index < -0.39 is 17.9 Å². The van der Waals surface area contributed by atoms with Crippen LogP contribution in [0.1, 0.15) is 35.7 Å². The first-order valence-corrected chi connectivity index (χ1v) is 12.8. The van der Waals surface area contributed by atoms with Crippen LogP contribution >= 0.6 is 12.2 Å².